The molecule has 1 saturated carbocycles. The number of carbonyl (C=O) groups excluding carboxylic acids is 1. The number of nitrogens with one attached hydrogen (secondary N) is 1. The molecule has 13 heteroatoms. The van der Waals surface area contributed by atoms with Crippen LogP contribution >= 0.6 is 7.60 Å². The van der Waals surface area contributed by atoms with Crippen molar-refractivity contribution in [3.05, 3.63) is 36.0 Å². The Kier molecular flexibility index (Phi) is 8.80. The van der Waals surface area contributed by atoms with E-state index in [0.717, 1.165) is 32.1 Å². The van der Waals surface area contributed by atoms with Crippen molar-refractivity contribution >= 4 is 30.3 Å². The minimum atomic E-state index is -4.13. The number of primary amides is 1. The summed E-state index contributed by atoms with van der Waals surface area (Å²) in [7, 11) is -3.43. The van der Waals surface area contributed by atoms with Crippen LogP contribution in [0.2, 0.25) is 0 Å². The van der Waals surface area contributed by atoms with Gasteiger partial charge >= 0.3 is 13.8 Å². The van der Waals surface area contributed by atoms with Gasteiger partial charge in [0.2, 0.25) is 0 Å². The molecule has 216 valence electrons. The fourth-order valence-corrected chi connectivity index (χ4v) is 7.11. The molecule has 2 aliphatic rings. The summed E-state index contributed by atoms with van der Waals surface area (Å²) in [6.07, 6.45) is 1.27. The molecule has 4 rings (SSSR count). The first kappa shape index (κ1) is 29.6. The van der Waals surface area contributed by atoms with E-state index in [4.69, 9.17) is 19.9 Å². The Hall–Kier alpha value is -2.40. The summed E-state index contributed by atoms with van der Waals surface area (Å²) in [5, 5.41) is 8.27. The summed E-state index contributed by atoms with van der Waals surface area (Å²) >= 11 is 0. The first-order valence-electron chi connectivity index (χ1n) is 13.4. The van der Waals surface area contributed by atoms with Gasteiger partial charge in [-0.3, -0.25) is 18.9 Å². The van der Waals surface area contributed by atoms with Crippen LogP contribution in [0, 0.1) is 5.92 Å². The van der Waals surface area contributed by atoms with Gasteiger partial charge in [-0.1, -0.05) is 6.92 Å². The maximum Gasteiger partial charge on any atom is 0.394 e. The number of amides is 1. The highest BCUT2D eigenvalue weighted by molar-refractivity contribution is 7.62. The van der Waals surface area contributed by atoms with Crippen molar-refractivity contribution in [3.8, 4) is 0 Å². The van der Waals surface area contributed by atoms with Crippen LogP contribution in [-0.2, 0) is 19.2 Å². The Morgan fingerprint density at radius 3 is 2.21 bits per heavy atom. The van der Waals surface area contributed by atoms with Crippen molar-refractivity contribution in [1.29, 1.82) is 0 Å². The number of hydrogen-bond acceptors (Lipinski definition) is 7. The predicted molar refractivity (Wildman–Crippen MR) is 143 cm³/mol. The fourth-order valence-electron chi connectivity index (χ4n) is 5.55. The average molecular weight is 572 g/mol. The number of likely N-dealkylation sites (tertiary alicyclic amines) is 1. The van der Waals surface area contributed by atoms with Gasteiger partial charge < -0.3 is 20.1 Å². The van der Waals surface area contributed by atoms with Gasteiger partial charge in [0, 0.05) is 31.0 Å². The molecule has 1 amide bonds. The number of rotatable bonds is 11. The fraction of sp³-hybridized carbons (Fsp3) is 0.615. The Morgan fingerprint density at radius 1 is 1.13 bits per heavy atom. The van der Waals surface area contributed by atoms with Gasteiger partial charge in [-0.05, 0) is 70.2 Å². The quantitative estimate of drug-likeness (QED) is 0.359. The Balaban J connectivity index is 1.48. The summed E-state index contributed by atoms with van der Waals surface area (Å²) in [5.41, 5.74) is 6.16. The van der Waals surface area contributed by atoms with Crippen molar-refractivity contribution in [2.75, 3.05) is 31.6 Å². The monoisotopic (exact) mass is 571 g/mol. The zero-order valence-electron chi connectivity index (χ0n) is 22.5. The van der Waals surface area contributed by atoms with Crippen LogP contribution in [0.1, 0.15) is 63.2 Å². The van der Waals surface area contributed by atoms with Crippen molar-refractivity contribution < 1.29 is 31.6 Å². The van der Waals surface area contributed by atoms with Crippen LogP contribution in [-0.4, -0.2) is 59.1 Å². The summed E-state index contributed by atoms with van der Waals surface area (Å²) in [5.74, 6) is -1.55. The van der Waals surface area contributed by atoms with Gasteiger partial charge in [-0.15, -0.1) is 0 Å². The predicted octanol–water partition coefficient (Wildman–Crippen LogP) is 5.16. The largest absolute Gasteiger partial charge is 0.394 e. The number of alkyl halides is 3. The number of nitrogens with zero attached hydrogens (tertiary/aromatic N) is 3. The Labute approximate surface area is 226 Å². The molecular weight excluding hydrogens is 534 g/mol. The molecule has 1 aromatic heterocycles. The molecule has 0 radical (unpaired) electrons. The SMILES string of the molecule is CCOP(=O)(OCC)c1ccc(Nc2nn(C3(CC)CCC(N4CC(C(F)(F)F)C4)CC3)cc2C(N)=O)cc1. The number of carbonyl (C=O) groups is 1. The first-order valence-corrected chi connectivity index (χ1v) is 15.0. The van der Waals surface area contributed by atoms with E-state index in [1.165, 1.54) is 0 Å². The van der Waals surface area contributed by atoms with Crippen LogP contribution in [0.5, 0.6) is 0 Å². The number of aromatic nitrogens is 2. The molecule has 0 spiro atoms. The molecule has 1 aliphatic heterocycles. The Bertz CT molecular complexity index is 1180. The number of hydrogen-bond donors (Lipinski definition) is 2. The second kappa shape index (κ2) is 11.6. The standard InChI is InChI=1S/C26H37F3N5O4P/c1-4-25(13-11-20(12-14-25)33-15-18(16-33)26(27,28)29)34-17-22(23(30)35)24(32-34)31-19-7-9-21(10-8-19)39(36,37-5-2)38-6-3/h7-10,17-18,20H,4-6,11-16H2,1-3H3,(H2,30,35)(H,31,32). The lowest BCUT2D eigenvalue weighted by molar-refractivity contribution is -0.215. The van der Waals surface area contributed by atoms with E-state index in [0.29, 0.717) is 16.8 Å². The molecular formula is C26H37F3N5O4P. The van der Waals surface area contributed by atoms with E-state index in [9.17, 15) is 22.5 Å². The van der Waals surface area contributed by atoms with E-state index in [-0.39, 0.29) is 43.4 Å². The smallest absolute Gasteiger partial charge is 0.365 e. The summed E-state index contributed by atoms with van der Waals surface area (Å²) < 4.78 is 64.4. The van der Waals surface area contributed by atoms with Crippen molar-refractivity contribution in [2.24, 2.45) is 11.7 Å². The molecule has 0 atom stereocenters. The lowest BCUT2D eigenvalue weighted by Gasteiger charge is -2.49. The van der Waals surface area contributed by atoms with Crippen molar-refractivity contribution in [1.82, 2.24) is 14.7 Å². The third kappa shape index (κ3) is 6.19. The molecule has 2 heterocycles. The maximum absolute atomic E-state index is 13.0. The molecule has 0 unspecified atom stereocenters. The highest BCUT2D eigenvalue weighted by Crippen LogP contribution is 2.47. The molecule has 0 bridgehead atoms. The summed E-state index contributed by atoms with van der Waals surface area (Å²) in [6.45, 7) is 6.15. The third-order valence-electron chi connectivity index (χ3n) is 7.94. The minimum absolute atomic E-state index is 0.0678. The second-order valence-corrected chi connectivity index (χ2v) is 12.2. The van der Waals surface area contributed by atoms with E-state index in [1.807, 2.05) is 4.90 Å². The molecule has 9 nitrogen and oxygen atoms in total. The second-order valence-electron chi connectivity index (χ2n) is 10.2. The highest BCUT2D eigenvalue weighted by atomic mass is 31.2. The first-order chi connectivity index (χ1) is 18.4. The normalized spacial score (nSPS) is 23.0. The van der Waals surface area contributed by atoms with Crippen molar-refractivity contribution in [3.63, 3.8) is 0 Å². The van der Waals surface area contributed by atoms with E-state index < -0.39 is 25.6 Å². The van der Waals surface area contributed by atoms with Crippen LogP contribution < -0.4 is 16.4 Å². The van der Waals surface area contributed by atoms with Crippen LogP contribution in [0.25, 0.3) is 0 Å². The van der Waals surface area contributed by atoms with Gasteiger partial charge in [-0.2, -0.15) is 18.3 Å². The number of anilines is 2. The molecule has 1 saturated heterocycles. The van der Waals surface area contributed by atoms with Gasteiger partial charge in [-0.25, -0.2) is 0 Å². The summed E-state index contributed by atoms with van der Waals surface area (Å²) in [6, 6.07) is 6.81. The molecule has 2 aromatic rings. The van der Waals surface area contributed by atoms with Gasteiger partial charge in [0.25, 0.3) is 5.91 Å². The van der Waals surface area contributed by atoms with E-state index >= 15 is 0 Å². The lowest BCUT2D eigenvalue weighted by Crippen LogP contribution is -2.58. The van der Waals surface area contributed by atoms with E-state index in [2.05, 4.69) is 12.2 Å². The lowest BCUT2D eigenvalue weighted by atomic mass is 9.76. The highest BCUT2D eigenvalue weighted by Gasteiger charge is 2.50. The molecule has 39 heavy (non-hydrogen) atoms. The van der Waals surface area contributed by atoms with Gasteiger partial charge in [0.05, 0.1) is 30.0 Å². The molecule has 1 aliphatic carbocycles. The summed E-state index contributed by atoms with van der Waals surface area (Å²) in [4.78, 5) is 14.2. The Morgan fingerprint density at radius 2 is 1.72 bits per heavy atom. The molecule has 2 fully saturated rings. The molecule has 3 N–H and O–H groups in total. The van der Waals surface area contributed by atoms with Crippen LogP contribution in [0.15, 0.2) is 30.5 Å². The zero-order chi connectivity index (χ0) is 28.4. The average Bonchev–Trinajstić information content (AvgIpc) is 3.28. The molecule has 1 aromatic carbocycles. The third-order valence-corrected chi connectivity index (χ3v) is 10.1. The number of nitrogens with two attached hydrogens (primary N) is 1. The van der Waals surface area contributed by atoms with Gasteiger partial charge in [0.1, 0.15) is 5.56 Å². The maximum atomic E-state index is 13.0. The van der Waals surface area contributed by atoms with Crippen LogP contribution in [0.4, 0.5) is 24.7 Å². The van der Waals surface area contributed by atoms with Crippen LogP contribution in [0.3, 0.4) is 0 Å². The van der Waals surface area contributed by atoms with Gasteiger partial charge in [0.15, 0.2) is 5.82 Å². The topological polar surface area (TPSA) is 112 Å². The van der Waals surface area contributed by atoms with Crippen molar-refractivity contribution in [2.45, 2.75) is 70.6 Å². The minimum Gasteiger partial charge on any atom is -0.365 e. The number of halogens is 3. The van der Waals surface area contributed by atoms with E-state index in [1.54, 1.807) is 49.0 Å². The zero-order valence-corrected chi connectivity index (χ0v) is 23.4. The number of benzene rings is 1.